The number of aromatic nitrogens is 2. The standard InChI is InChI=1S/C16H19N5/c1-4-11(2)18-15-9-16(20-12(3)19-15)21-14-7-5-6-13(8-14)10-17/h5-9,11H,4H2,1-3H3,(H2,18,19,20,21). The van der Waals surface area contributed by atoms with Crippen LogP contribution in [0.1, 0.15) is 31.7 Å². The zero-order valence-corrected chi connectivity index (χ0v) is 12.5. The molecular weight excluding hydrogens is 262 g/mol. The van der Waals surface area contributed by atoms with Gasteiger partial charge in [-0.25, -0.2) is 9.97 Å². The Hall–Kier alpha value is -2.61. The molecule has 1 aromatic carbocycles. The van der Waals surface area contributed by atoms with Crippen LogP contribution in [0.2, 0.25) is 0 Å². The number of aryl methyl sites for hydroxylation is 1. The van der Waals surface area contributed by atoms with Crippen LogP contribution in [0, 0.1) is 18.3 Å². The first-order valence-corrected chi connectivity index (χ1v) is 7.00. The first kappa shape index (κ1) is 14.8. The van der Waals surface area contributed by atoms with Gasteiger partial charge in [0.05, 0.1) is 11.6 Å². The maximum atomic E-state index is 8.93. The van der Waals surface area contributed by atoms with E-state index in [1.54, 1.807) is 12.1 Å². The molecule has 2 N–H and O–H groups in total. The summed E-state index contributed by atoms with van der Waals surface area (Å²) in [7, 11) is 0. The molecule has 2 rings (SSSR count). The Morgan fingerprint density at radius 2 is 2.00 bits per heavy atom. The molecule has 108 valence electrons. The molecular formula is C16H19N5. The molecule has 1 heterocycles. The van der Waals surface area contributed by atoms with Gasteiger partial charge in [0.25, 0.3) is 0 Å². The molecule has 0 aliphatic heterocycles. The molecule has 0 radical (unpaired) electrons. The second kappa shape index (κ2) is 6.71. The van der Waals surface area contributed by atoms with Crippen molar-refractivity contribution in [3.8, 4) is 6.07 Å². The minimum absolute atomic E-state index is 0.356. The highest BCUT2D eigenvalue weighted by Gasteiger charge is 2.05. The molecule has 0 bridgehead atoms. The van der Waals surface area contributed by atoms with Crippen LogP contribution in [0.5, 0.6) is 0 Å². The third-order valence-electron chi connectivity index (χ3n) is 3.11. The van der Waals surface area contributed by atoms with E-state index in [4.69, 9.17) is 5.26 Å². The Balaban J connectivity index is 2.21. The minimum atomic E-state index is 0.356. The van der Waals surface area contributed by atoms with Crippen molar-refractivity contribution in [1.82, 2.24) is 9.97 Å². The van der Waals surface area contributed by atoms with Crippen molar-refractivity contribution in [2.45, 2.75) is 33.2 Å². The van der Waals surface area contributed by atoms with E-state index in [0.29, 0.717) is 23.2 Å². The summed E-state index contributed by atoms with van der Waals surface area (Å²) in [6.07, 6.45) is 1.02. The van der Waals surface area contributed by atoms with Gasteiger partial charge < -0.3 is 10.6 Å². The summed E-state index contributed by atoms with van der Waals surface area (Å²) >= 11 is 0. The van der Waals surface area contributed by atoms with Gasteiger partial charge in [0.15, 0.2) is 0 Å². The third kappa shape index (κ3) is 4.18. The maximum Gasteiger partial charge on any atom is 0.136 e. The lowest BCUT2D eigenvalue weighted by atomic mass is 10.2. The van der Waals surface area contributed by atoms with Crippen LogP contribution in [-0.2, 0) is 0 Å². The zero-order chi connectivity index (χ0) is 15.2. The predicted molar refractivity (Wildman–Crippen MR) is 84.6 cm³/mol. The van der Waals surface area contributed by atoms with Gasteiger partial charge in [-0.2, -0.15) is 5.26 Å². The molecule has 0 aliphatic rings. The van der Waals surface area contributed by atoms with Gasteiger partial charge in [-0.3, -0.25) is 0 Å². The summed E-state index contributed by atoms with van der Waals surface area (Å²) in [5.41, 5.74) is 1.45. The van der Waals surface area contributed by atoms with Gasteiger partial charge in [-0.1, -0.05) is 13.0 Å². The van der Waals surface area contributed by atoms with E-state index in [9.17, 15) is 0 Å². The summed E-state index contributed by atoms with van der Waals surface area (Å²) in [5.74, 6) is 2.21. The fourth-order valence-electron chi connectivity index (χ4n) is 1.87. The van der Waals surface area contributed by atoms with E-state index in [2.05, 4.69) is 40.5 Å². The summed E-state index contributed by atoms with van der Waals surface area (Å²) in [4.78, 5) is 8.76. The van der Waals surface area contributed by atoms with Gasteiger partial charge in [0.2, 0.25) is 0 Å². The minimum Gasteiger partial charge on any atom is -0.367 e. The van der Waals surface area contributed by atoms with E-state index < -0.39 is 0 Å². The molecule has 0 fully saturated rings. The number of hydrogen-bond donors (Lipinski definition) is 2. The Bertz CT molecular complexity index is 660. The number of rotatable bonds is 5. The molecule has 2 aromatic rings. The number of nitrogens with one attached hydrogen (secondary N) is 2. The Morgan fingerprint density at radius 1 is 1.24 bits per heavy atom. The smallest absolute Gasteiger partial charge is 0.136 e. The van der Waals surface area contributed by atoms with Crippen molar-refractivity contribution >= 4 is 17.3 Å². The van der Waals surface area contributed by atoms with Crippen molar-refractivity contribution < 1.29 is 0 Å². The van der Waals surface area contributed by atoms with Crippen LogP contribution in [0.15, 0.2) is 30.3 Å². The Labute approximate surface area is 125 Å². The van der Waals surface area contributed by atoms with Crippen molar-refractivity contribution in [2.75, 3.05) is 10.6 Å². The molecule has 0 saturated heterocycles. The van der Waals surface area contributed by atoms with Crippen LogP contribution in [0.25, 0.3) is 0 Å². The highest BCUT2D eigenvalue weighted by molar-refractivity contribution is 5.61. The summed E-state index contributed by atoms with van der Waals surface area (Å²) < 4.78 is 0. The third-order valence-corrected chi connectivity index (χ3v) is 3.11. The maximum absolute atomic E-state index is 8.93. The highest BCUT2D eigenvalue weighted by atomic mass is 15.1. The van der Waals surface area contributed by atoms with Crippen molar-refractivity contribution in [3.63, 3.8) is 0 Å². The second-order valence-electron chi connectivity index (χ2n) is 4.96. The lowest BCUT2D eigenvalue weighted by molar-refractivity contribution is 0.757. The van der Waals surface area contributed by atoms with Gasteiger partial charge in [-0.05, 0) is 38.5 Å². The molecule has 1 unspecified atom stereocenters. The first-order chi connectivity index (χ1) is 10.1. The van der Waals surface area contributed by atoms with Crippen LogP contribution in [0.4, 0.5) is 17.3 Å². The number of nitriles is 1. The van der Waals surface area contributed by atoms with Crippen molar-refractivity contribution in [2.24, 2.45) is 0 Å². The molecule has 1 aromatic heterocycles. The number of benzene rings is 1. The summed E-state index contributed by atoms with van der Waals surface area (Å²) in [6.45, 7) is 6.10. The van der Waals surface area contributed by atoms with Crippen molar-refractivity contribution in [3.05, 3.63) is 41.7 Å². The van der Waals surface area contributed by atoms with Gasteiger partial charge >= 0.3 is 0 Å². The predicted octanol–water partition coefficient (Wildman–Crippen LogP) is 3.61. The van der Waals surface area contributed by atoms with Crippen molar-refractivity contribution in [1.29, 1.82) is 5.26 Å². The number of hydrogen-bond acceptors (Lipinski definition) is 5. The van der Waals surface area contributed by atoms with E-state index in [0.717, 1.165) is 17.9 Å². The Morgan fingerprint density at radius 3 is 2.71 bits per heavy atom. The average Bonchev–Trinajstić information content (AvgIpc) is 2.46. The molecule has 0 aliphatic carbocycles. The Kier molecular flexibility index (Phi) is 4.72. The molecule has 5 nitrogen and oxygen atoms in total. The average molecular weight is 281 g/mol. The lowest BCUT2D eigenvalue weighted by Crippen LogP contribution is -2.15. The van der Waals surface area contributed by atoms with Crippen LogP contribution >= 0.6 is 0 Å². The SMILES string of the molecule is CCC(C)Nc1cc(Nc2cccc(C#N)c2)nc(C)n1. The molecule has 0 spiro atoms. The molecule has 0 amide bonds. The largest absolute Gasteiger partial charge is 0.367 e. The fourth-order valence-corrected chi connectivity index (χ4v) is 1.87. The fraction of sp³-hybridized carbons (Fsp3) is 0.312. The zero-order valence-electron chi connectivity index (χ0n) is 12.5. The van der Waals surface area contributed by atoms with E-state index in [1.165, 1.54) is 0 Å². The summed E-state index contributed by atoms with van der Waals surface area (Å²) in [5, 5.41) is 15.5. The molecule has 0 saturated carbocycles. The first-order valence-electron chi connectivity index (χ1n) is 7.00. The van der Waals surface area contributed by atoms with Crippen LogP contribution < -0.4 is 10.6 Å². The van der Waals surface area contributed by atoms with Gasteiger partial charge in [0.1, 0.15) is 17.5 Å². The van der Waals surface area contributed by atoms with E-state index in [1.807, 2.05) is 25.1 Å². The molecule has 21 heavy (non-hydrogen) atoms. The van der Waals surface area contributed by atoms with E-state index in [-0.39, 0.29) is 0 Å². The highest BCUT2D eigenvalue weighted by Crippen LogP contribution is 2.19. The number of anilines is 3. The van der Waals surface area contributed by atoms with E-state index >= 15 is 0 Å². The monoisotopic (exact) mass is 281 g/mol. The molecule has 5 heteroatoms. The van der Waals surface area contributed by atoms with Crippen LogP contribution in [0.3, 0.4) is 0 Å². The normalized spacial score (nSPS) is 11.5. The number of nitrogens with zero attached hydrogens (tertiary/aromatic N) is 3. The topological polar surface area (TPSA) is 73.6 Å². The van der Waals surface area contributed by atoms with Gasteiger partial charge in [0, 0.05) is 17.8 Å². The van der Waals surface area contributed by atoms with Gasteiger partial charge in [-0.15, -0.1) is 0 Å². The van der Waals surface area contributed by atoms with Crippen LogP contribution in [-0.4, -0.2) is 16.0 Å². The summed E-state index contributed by atoms with van der Waals surface area (Å²) in [6, 6.07) is 11.7. The quantitative estimate of drug-likeness (QED) is 0.875. The lowest BCUT2D eigenvalue weighted by Gasteiger charge is -2.14. The molecule has 1 atom stereocenters. The second-order valence-corrected chi connectivity index (χ2v) is 4.96.